The zero-order valence-electron chi connectivity index (χ0n) is 10.7. The summed E-state index contributed by atoms with van der Waals surface area (Å²) in [5, 5.41) is 0. The maximum absolute atomic E-state index is 5.19. The zero-order chi connectivity index (χ0) is 13.1. The highest BCUT2D eigenvalue weighted by Crippen LogP contribution is 2.29. The fourth-order valence-corrected chi connectivity index (χ4v) is 2.22. The van der Waals surface area contributed by atoms with Gasteiger partial charge in [-0.25, -0.2) is 0 Å². The first kappa shape index (κ1) is 11.7. The Morgan fingerprint density at radius 1 is 1.00 bits per heavy atom. The van der Waals surface area contributed by atoms with Crippen LogP contribution in [0.1, 0.15) is 22.9 Å². The molecule has 0 N–H and O–H groups in total. The molecule has 19 heavy (non-hydrogen) atoms. The molecule has 0 bridgehead atoms. The third-order valence-electron chi connectivity index (χ3n) is 3.19. The zero-order valence-corrected chi connectivity index (χ0v) is 10.7. The Labute approximate surface area is 112 Å². The normalized spacial score (nSPS) is 16.8. The first-order chi connectivity index (χ1) is 9.38. The lowest BCUT2D eigenvalue weighted by Crippen LogP contribution is -2.04. The van der Waals surface area contributed by atoms with Gasteiger partial charge in [0.05, 0.1) is 18.5 Å². The Hall–Kier alpha value is -2.42. The second-order valence-corrected chi connectivity index (χ2v) is 4.32. The van der Waals surface area contributed by atoms with Crippen molar-refractivity contribution in [3.63, 3.8) is 0 Å². The van der Waals surface area contributed by atoms with Crippen molar-refractivity contribution in [1.82, 2.24) is 9.97 Å². The van der Waals surface area contributed by atoms with Crippen LogP contribution in [0.4, 0.5) is 0 Å². The van der Waals surface area contributed by atoms with Crippen LogP contribution in [0, 0.1) is 0 Å². The fraction of sp³-hybridized carbons (Fsp3) is 0.125. The van der Waals surface area contributed by atoms with Crippen LogP contribution in [0.25, 0.3) is 6.08 Å². The Kier molecular flexibility index (Phi) is 3.11. The topological polar surface area (TPSA) is 35.0 Å². The van der Waals surface area contributed by atoms with Gasteiger partial charge in [0.1, 0.15) is 5.75 Å². The van der Waals surface area contributed by atoms with Crippen molar-refractivity contribution in [3.8, 4) is 5.75 Å². The number of aromatic nitrogens is 2. The number of ether oxygens (including phenoxy) is 1. The molecule has 1 aromatic carbocycles. The number of benzene rings is 1. The second-order valence-electron chi connectivity index (χ2n) is 4.32. The van der Waals surface area contributed by atoms with Crippen molar-refractivity contribution in [1.29, 1.82) is 0 Å². The molecule has 1 heterocycles. The van der Waals surface area contributed by atoms with Crippen molar-refractivity contribution >= 4 is 6.08 Å². The number of allylic oxidation sites excluding steroid dienone is 3. The van der Waals surface area contributed by atoms with Crippen LogP contribution in [0.3, 0.4) is 0 Å². The Bertz CT molecular complexity index is 629. The smallest absolute Gasteiger partial charge is 0.118 e. The van der Waals surface area contributed by atoms with Gasteiger partial charge in [0.15, 0.2) is 0 Å². The lowest BCUT2D eigenvalue weighted by molar-refractivity contribution is 0.414. The summed E-state index contributed by atoms with van der Waals surface area (Å²) in [6.45, 7) is 0. The molecule has 3 heteroatoms. The van der Waals surface area contributed by atoms with Crippen LogP contribution in [-0.2, 0) is 0 Å². The van der Waals surface area contributed by atoms with Gasteiger partial charge in [0.25, 0.3) is 0 Å². The molecular weight excluding hydrogens is 236 g/mol. The molecule has 0 radical (unpaired) electrons. The highest BCUT2D eigenvalue weighted by atomic mass is 16.5. The van der Waals surface area contributed by atoms with Gasteiger partial charge in [-0.15, -0.1) is 0 Å². The minimum Gasteiger partial charge on any atom is -0.497 e. The van der Waals surface area contributed by atoms with Crippen LogP contribution < -0.4 is 4.74 Å². The van der Waals surface area contributed by atoms with Gasteiger partial charge in [-0.1, -0.05) is 30.4 Å². The summed E-state index contributed by atoms with van der Waals surface area (Å²) in [4.78, 5) is 8.86. The van der Waals surface area contributed by atoms with Gasteiger partial charge in [-0.3, -0.25) is 9.97 Å². The Balaban J connectivity index is 2.05. The summed E-state index contributed by atoms with van der Waals surface area (Å²) >= 11 is 0. The third kappa shape index (κ3) is 2.27. The average molecular weight is 250 g/mol. The number of hydrogen-bond acceptors (Lipinski definition) is 3. The van der Waals surface area contributed by atoms with Crippen LogP contribution in [0.2, 0.25) is 0 Å². The molecule has 2 aromatic rings. The van der Waals surface area contributed by atoms with E-state index in [-0.39, 0.29) is 5.92 Å². The molecule has 0 aliphatic heterocycles. The molecule has 94 valence electrons. The molecule has 0 spiro atoms. The van der Waals surface area contributed by atoms with Crippen LogP contribution >= 0.6 is 0 Å². The number of fused-ring (bicyclic) bond motifs is 1. The molecule has 3 nitrogen and oxygen atoms in total. The van der Waals surface area contributed by atoms with E-state index in [4.69, 9.17) is 4.74 Å². The minimum atomic E-state index is 0.129. The molecule has 1 aliphatic rings. The van der Waals surface area contributed by atoms with E-state index in [2.05, 4.69) is 28.2 Å². The first-order valence-corrected chi connectivity index (χ1v) is 6.18. The molecule has 0 saturated heterocycles. The molecule has 3 rings (SSSR count). The summed E-state index contributed by atoms with van der Waals surface area (Å²) in [5.74, 6) is 0.989. The molecule has 0 fully saturated rings. The lowest BCUT2D eigenvalue weighted by atomic mass is 9.94. The van der Waals surface area contributed by atoms with Crippen molar-refractivity contribution in [3.05, 3.63) is 71.8 Å². The van der Waals surface area contributed by atoms with Crippen molar-refractivity contribution < 1.29 is 4.74 Å². The quantitative estimate of drug-likeness (QED) is 0.821. The highest BCUT2D eigenvalue weighted by molar-refractivity contribution is 5.55. The predicted octanol–water partition coefficient (Wildman–Crippen LogP) is 3.20. The summed E-state index contributed by atoms with van der Waals surface area (Å²) in [6, 6.07) is 8.07. The third-order valence-corrected chi connectivity index (χ3v) is 3.19. The van der Waals surface area contributed by atoms with Gasteiger partial charge in [-0.2, -0.15) is 0 Å². The molecule has 1 aromatic heterocycles. The predicted molar refractivity (Wildman–Crippen MR) is 75.0 cm³/mol. The maximum atomic E-state index is 5.19. The minimum absolute atomic E-state index is 0.129. The number of hydrogen-bond donors (Lipinski definition) is 0. The fourth-order valence-electron chi connectivity index (χ4n) is 2.22. The van der Waals surface area contributed by atoms with E-state index in [0.717, 1.165) is 17.1 Å². The summed E-state index contributed by atoms with van der Waals surface area (Å²) in [5.41, 5.74) is 3.09. The molecule has 1 unspecified atom stereocenters. The van der Waals surface area contributed by atoms with E-state index in [9.17, 15) is 0 Å². The van der Waals surface area contributed by atoms with Gasteiger partial charge in [0, 0.05) is 18.3 Å². The molecular formula is C16H14N2O. The summed E-state index contributed by atoms with van der Waals surface area (Å²) < 4.78 is 5.19. The molecule has 1 aliphatic carbocycles. The van der Waals surface area contributed by atoms with E-state index in [1.54, 1.807) is 19.5 Å². The van der Waals surface area contributed by atoms with E-state index < -0.39 is 0 Å². The van der Waals surface area contributed by atoms with Gasteiger partial charge >= 0.3 is 0 Å². The maximum Gasteiger partial charge on any atom is 0.118 e. The first-order valence-electron chi connectivity index (χ1n) is 6.18. The summed E-state index contributed by atoms with van der Waals surface area (Å²) in [6.07, 6.45) is 11.6. The van der Waals surface area contributed by atoms with Gasteiger partial charge in [-0.05, 0) is 23.8 Å². The van der Waals surface area contributed by atoms with E-state index in [1.165, 1.54) is 5.56 Å². The largest absolute Gasteiger partial charge is 0.497 e. The van der Waals surface area contributed by atoms with Crippen molar-refractivity contribution in [2.24, 2.45) is 0 Å². The second kappa shape index (κ2) is 5.06. The Morgan fingerprint density at radius 3 is 2.58 bits per heavy atom. The molecule has 1 atom stereocenters. The van der Waals surface area contributed by atoms with Gasteiger partial charge < -0.3 is 4.74 Å². The molecule has 0 amide bonds. The van der Waals surface area contributed by atoms with Crippen LogP contribution in [0.5, 0.6) is 5.75 Å². The number of nitrogens with zero attached hydrogens (tertiary/aromatic N) is 2. The van der Waals surface area contributed by atoms with Crippen molar-refractivity contribution in [2.75, 3.05) is 7.11 Å². The average Bonchev–Trinajstić information content (AvgIpc) is 2.70. The van der Waals surface area contributed by atoms with E-state index in [0.29, 0.717) is 0 Å². The molecule has 0 saturated carbocycles. The SMILES string of the molecule is COc1ccc(C2C=CC=Cc3nccnc32)cc1. The van der Waals surface area contributed by atoms with Gasteiger partial charge in [0.2, 0.25) is 0 Å². The van der Waals surface area contributed by atoms with Crippen LogP contribution in [-0.4, -0.2) is 17.1 Å². The van der Waals surface area contributed by atoms with E-state index in [1.807, 2.05) is 30.4 Å². The number of rotatable bonds is 2. The Morgan fingerprint density at radius 2 is 1.79 bits per heavy atom. The number of methoxy groups -OCH3 is 1. The van der Waals surface area contributed by atoms with Crippen molar-refractivity contribution in [2.45, 2.75) is 5.92 Å². The van der Waals surface area contributed by atoms with E-state index >= 15 is 0 Å². The highest BCUT2D eigenvalue weighted by Gasteiger charge is 2.17. The van der Waals surface area contributed by atoms with Crippen LogP contribution in [0.15, 0.2) is 54.9 Å². The summed E-state index contributed by atoms with van der Waals surface area (Å²) in [7, 11) is 1.67. The standard InChI is InChI=1S/C16H14N2O/c1-19-13-8-6-12(7-9-13)14-4-2-3-5-15-16(14)18-11-10-17-15/h2-11,14H,1H3. The lowest BCUT2D eigenvalue weighted by Gasteiger charge is -2.14. The monoisotopic (exact) mass is 250 g/mol.